The molecule has 26 heavy (non-hydrogen) atoms. The summed E-state index contributed by atoms with van der Waals surface area (Å²) in [5, 5.41) is 4.53. The number of cyclic esters (lactones) is 1. The molecule has 4 rings (SSSR count). The number of nitrogens with zero attached hydrogens (tertiary/aromatic N) is 3. The maximum absolute atomic E-state index is 12.5. The molecule has 1 aliphatic heterocycles. The molecule has 0 unspecified atom stereocenters. The maximum Gasteiger partial charge on any atom is 0.416 e. The number of hydrogen-bond donors (Lipinski definition) is 0. The lowest BCUT2D eigenvalue weighted by Crippen LogP contribution is -2.35. The fraction of sp³-hybridized carbons (Fsp3) is 0.333. The van der Waals surface area contributed by atoms with Crippen molar-refractivity contribution in [3.63, 3.8) is 0 Å². The highest BCUT2D eigenvalue weighted by atomic mass is 16.6. The molecule has 1 aromatic carbocycles. The van der Waals surface area contributed by atoms with Crippen molar-refractivity contribution in [3.05, 3.63) is 47.8 Å². The number of carbonyl (C=O) groups is 3. The summed E-state index contributed by atoms with van der Waals surface area (Å²) < 4.78 is 11.4. The van der Waals surface area contributed by atoms with E-state index in [1.807, 2.05) is 30.3 Å². The van der Waals surface area contributed by atoms with Crippen LogP contribution in [0, 0.1) is 0 Å². The number of carbonyl (C=O) groups excluding carboxylic acids is 3. The van der Waals surface area contributed by atoms with E-state index in [4.69, 9.17) is 9.47 Å². The normalized spacial score (nSPS) is 16.5. The fourth-order valence-corrected chi connectivity index (χ4v) is 2.79. The minimum absolute atomic E-state index is 0.157. The van der Waals surface area contributed by atoms with Gasteiger partial charge in [0.15, 0.2) is 12.3 Å². The van der Waals surface area contributed by atoms with Crippen molar-refractivity contribution >= 4 is 18.0 Å². The van der Waals surface area contributed by atoms with E-state index in [1.165, 1.54) is 4.68 Å². The molecule has 2 aliphatic rings. The van der Waals surface area contributed by atoms with Gasteiger partial charge in [0.05, 0.1) is 17.9 Å². The first-order valence-corrected chi connectivity index (χ1v) is 8.43. The maximum atomic E-state index is 12.5. The van der Waals surface area contributed by atoms with E-state index in [-0.39, 0.29) is 18.8 Å². The van der Waals surface area contributed by atoms with Crippen molar-refractivity contribution in [2.45, 2.75) is 18.8 Å². The van der Waals surface area contributed by atoms with Crippen molar-refractivity contribution in [2.24, 2.45) is 0 Å². The van der Waals surface area contributed by atoms with Gasteiger partial charge < -0.3 is 9.47 Å². The molecule has 2 amide bonds. The first-order valence-electron chi connectivity index (χ1n) is 8.43. The number of para-hydroxylation sites is 1. The molecular weight excluding hydrogens is 338 g/mol. The Morgan fingerprint density at radius 1 is 1.23 bits per heavy atom. The standard InChI is InChI=1S/C18H17N3O5/c22-16(20-8-9-25-18(20)24)11-26-17(23)15-10-14(12-6-7-12)19-21(15)13-4-2-1-3-5-13/h1-5,10,12H,6-9,11H2. The summed E-state index contributed by atoms with van der Waals surface area (Å²) in [6.45, 7) is -0.195. The number of imide groups is 1. The number of rotatable bonds is 5. The Bertz CT molecular complexity index is 857. The zero-order valence-corrected chi connectivity index (χ0v) is 14.0. The number of esters is 1. The van der Waals surface area contributed by atoms with E-state index in [2.05, 4.69) is 5.10 Å². The number of benzene rings is 1. The molecule has 0 atom stereocenters. The molecule has 2 heterocycles. The molecular formula is C18H17N3O5. The number of hydrogen-bond acceptors (Lipinski definition) is 6. The van der Waals surface area contributed by atoms with Gasteiger partial charge >= 0.3 is 12.1 Å². The highest BCUT2D eigenvalue weighted by Gasteiger charge is 2.31. The molecule has 1 saturated carbocycles. The van der Waals surface area contributed by atoms with Crippen LogP contribution in [0.3, 0.4) is 0 Å². The van der Waals surface area contributed by atoms with Crippen LogP contribution in [0.25, 0.3) is 5.69 Å². The predicted octanol–water partition coefficient (Wildman–Crippen LogP) is 1.89. The molecule has 2 fully saturated rings. The lowest BCUT2D eigenvalue weighted by molar-refractivity contribution is -0.131. The van der Waals surface area contributed by atoms with Gasteiger partial charge in [-0.3, -0.25) is 4.79 Å². The summed E-state index contributed by atoms with van der Waals surface area (Å²) in [6, 6.07) is 11.0. The van der Waals surface area contributed by atoms with E-state index in [1.54, 1.807) is 6.07 Å². The average molecular weight is 355 g/mol. The lowest BCUT2D eigenvalue weighted by Gasteiger charge is -2.11. The molecule has 134 valence electrons. The van der Waals surface area contributed by atoms with Gasteiger partial charge in [-0.05, 0) is 31.0 Å². The quantitative estimate of drug-likeness (QED) is 0.761. The van der Waals surface area contributed by atoms with Gasteiger partial charge in [-0.1, -0.05) is 18.2 Å². The van der Waals surface area contributed by atoms with Crippen LogP contribution in [-0.2, 0) is 14.3 Å². The Morgan fingerprint density at radius 2 is 2.00 bits per heavy atom. The van der Waals surface area contributed by atoms with Crippen molar-refractivity contribution in [3.8, 4) is 5.69 Å². The SMILES string of the molecule is O=C(OCC(=O)N1CCOC1=O)c1cc(C2CC2)nn1-c1ccccc1. The fourth-order valence-electron chi connectivity index (χ4n) is 2.79. The Hall–Kier alpha value is -3.16. The van der Waals surface area contributed by atoms with Gasteiger partial charge in [0.25, 0.3) is 5.91 Å². The van der Waals surface area contributed by atoms with Gasteiger partial charge in [0.2, 0.25) is 0 Å². The van der Waals surface area contributed by atoms with Gasteiger partial charge in [-0.2, -0.15) is 5.10 Å². The van der Waals surface area contributed by atoms with Crippen LogP contribution in [0.2, 0.25) is 0 Å². The molecule has 8 nitrogen and oxygen atoms in total. The first-order chi connectivity index (χ1) is 12.6. The highest BCUT2D eigenvalue weighted by molar-refractivity contribution is 5.96. The van der Waals surface area contributed by atoms with E-state index in [9.17, 15) is 14.4 Å². The van der Waals surface area contributed by atoms with E-state index < -0.39 is 24.6 Å². The van der Waals surface area contributed by atoms with Crippen molar-refractivity contribution in [1.82, 2.24) is 14.7 Å². The van der Waals surface area contributed by atoms with Crippen LogP contribution in [0.5, 0.6) is 0 Å². The second-order valence-electron chi connectivity index (χ2n) is 6.21. The van der Waals surface area contributed by atoms with Crippen molar-refractivity contribution in [1.29, 1.82) is 0 Å². The predicted molar refractivity (Wildman–Crippen MR) is 88.9 cm³/mol. The van der Waals surface area contributed by atoms with Crippen LogP contribution in [-0.4, -0.2) is 52.4 Å². The van der Waals surface area contributed by atoms with Crippen LogP contribution in [0.1, 0.15) is 34.9 Å². The summed E-state index contributed by atoms with van der Waals surface area (Å²) in [4.78, 5) is 36.8. The van der Waals surface area contributed by atoms with E-state index in [0.717, 1.165) is 29.1 Å². The lowest BCUT2D eigenvalue weighted by atomic mass is 10.2. The summed E-state index contributed by atoms with van der Waals surface area (Å²) >= 11 is 0. The third kappa shape index (κ3) is 3.17. The van der Waals surface area contributed by atoms with Crippen LogP contribution in [0.15, 0.2) is 36.4 Å². The zero-order valence-electron chi connectivity index (χ0n) is 14.0. The molecule has 0 spiro atoms. The van der Waals surface area contributed by atoms with Gasteiger partial charge in [-0.15, -0.1) is 0 Å². The summed E-state index contributed by atoms with van der Waals surface area (Å²) in [5.41, 5.74) is 1.84. The zero-order chi connectivity index (χ0) is 18.1. The molecule has 1 aliphatic carbocycles. The Morgan fingerprint density at radius 3 is 2.65 bits per heavy atom. The topological polar surface area (TPSA) is 90.7 Å². The van der Waals surface area contributed by atoms with E-state index in [0.29, 0.717) is 5.92 Å². The average Bonchev–Trinajstić information content (AvgIpc) is 3.26. The second-order valence-corrected chi connectivity index (χ2v) is 6.21. The third-order valence-electron chi connectivity index (χ3n) is 4.32. The summed E-state index contributed by atoms with van der Waals surface area (Å²) in [6.07, 6.45) is 1.39. The summed E-state index contributed by atoms with van der Waals surface area (Å²) in [7, 11) is 0. The van der Waals surface area contributed by atoms with Gasteiger partial charge in [-0.25, -0.2) is 19.2 Å². The van der Waals surface area contributed by atoms with Crippen molar-refractivity contribution in [2.75, 3.05) is 19.8 Å². The van der Waals surface area contributed by atoms with Crippen molar-refractivity contribution < 1.29 is 23.9 Å². The number of aromatic nitrogens is 2. The molecule has 2 aromatic rings. The van der Waals surface area contributed by atoms with Gasteiger partial charge in [0, 0.05) is 5.92 Å². The molecule has 1 saturated heterocycles. The van der Waals surface area contributed by atoms with Crippen LogP contribution in [0.4, 0.5) is 4.79 Å². The summed E-state index contributed by atoms with van der Waals surface area (Å²) in [5.74, 6) is -0.893. The molecule has 0 N–H and O–H groups in total. The van der Waals surface area contributed by atoms with Crippen LogP contribution < -0.4 is 0 Å². The van der Waals surface area contributed by atoms with E-state index >= 15 is 0 Å². The highest BCUT2D eigenvalue weighted by Crippen LogP contribution is 2.39. The van der Waals surface area contributed by atoms with Gasteiger partial charge in [0.1, 0.15) is 6.61 Å². The molecule has 8 heteroatoms. The molecule has 1 aromatic heterocycles. The minimum atomic E-state index is -0.712. The molecule has 0 bridgehead atoms. The second kappa shape index (κ2) is 6.62. The molecule has 0 radical (unpaired) electrons. The van der Waals surface area contributed by atoms with Crippen LogP contribution >= 0.6 is 0 Å². The largest absolute Gasteiger partial charge is 0.451 e. The number of amides is 2. The Balaban J connectivity index is 1.51. The minimum Gasteiger partial charge on any atom is -0.451 e. The monoisotopic (exact) mass is 355 g/mol. The Kier molecular flexibility index (Phi) is 4.16. The smallest absolute Gasteiger partial charge is 0.416 e. The third-order valence-corrected chi connectivity index (χ3v) is 4.32. The number of ether oxygens (including phenoxy) is 2. The first kappa shape index (κ1) is 16.3. The Labute approximate surface area is 149 Å².